The first-order chi connectivity index (χ1) is 16.4. The highest BCUT2D eigenvalue weighted by molar-refractivity contribution is 7.49. The van der Waals surface area contributed by atoms with Crippen LogP contribution in [0.4, 0.5) is 0 Å². The van der Waals surface area contributed by atoms with E-state index < -0.39 is 62.7 Å². The maximum atomic E-state index is 13.0. The van der Waals surface area contributed by atoms with Gasteiger partial charge in [0.2, 0.25) is 19.6 Å². The lowest BCUT2D eigenvalue weighted by Gasteiger charge is -2.32. The van der Waals surface area contributed by atoms with Crippen molar-refractivity contribution in [3.8, 4) is 5.75 Å². The number of hydrogen-bond donors (Lipinski definition) is 4. The van der Waals surface area contributed by atoms with Gasteiger partial charge >= 0.3 is 5.97 Å². The molecule has 0 aliphatic carbocycles. The van der Waals surface area contributed by atoms with E-state index in [0.29, 0.717) is 12.0 Å². The molecule has 1 rings (SSSR count). The van der Waals surface area contributed by atoms with Crippen molar-refractivity contribution < 1.29 is 48.1 Å². The average molecular weight is 515 g/mol. The maximum absolute atomic E-state index is 13.0. The third-order valence-corrected chi connectivity index (χ3v) is 6.05. The number of amides is 2. The van der Waals surface area contributed by atoms with Gasteiger partial charge in [-0.3, -0.25) is 14.2 Å². The van der Waals surface area contributed by atoms with Crippen LogP contribution < -0.4 is 30.5 Å². The van der Waals surface area contributed by atoms with Gasteiger partial charge in [-0.2, -0.15) is 0 Å². The molecule has 2 unspecified atom stereocenters. The third-order valence-electron chi connectivity index (χ3n) is 4.86. The van der Waals surface area contributed by atoms with Gasteiger partial charge in [0.15, 0.2) is 6.61 Å². The lowest BCUT2D eigenvalue weighted by atomic mass is 9.98. The second-order valence-electron chi connectivity index (χ2n) is 7.59. The van der Waals surface area contributed by atoms with Gasteiger partial charge in [-0.1, -0.05) is 32.4 Å². The lowest BCUT2D eigenvalue weighted by molar-refractivity contribution is -0.304. The van der Waals surface area contributed by atoms with E-state index in [1.807, 2.05) is 0 Å². The van der Waals surface area contributed by atoms with Crippen molar-refractivity contribution in [2.24, 2.45) is 5.92 Å². The van der Waals surface area contributed by atoms with E-state index in [1.165, 1.54) is 31.2 Å². The number of carboxylic acid groups (broad SMARTS) is 2. The lowest BCUT2D eigenvalue weighted by Crippen LogP contribution is -2.56. The number of carbonyl (C=O) groups is 4. The highest BCUT2D eigenvalue weighted by Gasteiger charge is 2.31. The molecule has 13 nitrogen and oxygen atoms in total. The number of rotatable bonds is 16. The zero-order valence-electron chi connectivity index (χ0n) is 19.6. The molecule has 0 spiro atoms. The highest BCUT2D eigenvalue weighted by atomic mass is 31.2. The van der Waals surface area contributed by atoms with Crippen LogP contribution >= 0.6 is 7.75 Å². The molecule has 0 heterocycles. The van der Waals surface area contributed by atoms with E-state index in [4.69, 9.17) is 9.84 Å². The number of carbonyl (C=O) groups excluding carboxylic acids is 3. The molecule has 0 aromatic heterocycles. The van der Waals surface area contributed by atoms with Gasteiger partial charge in [0, 0.05) is 6.42 Å². The summed E-state index contributed by atoms with van der Waals surface area (Å²) in [5, 5.41) is 26.2. The first-order valence-electron chi connectivity index (χ1n) is 10.8. The number of aliphatic carboxylic acids is 2. The summed E-state index contributed by atoms with van der Waals surface area (Å²) in [7, 11) is -4.55. The van der Waals surface area contributed by atoms with Gasteiger partial charge < -0.3 is 39.8 Å². The van der Waals surface area contributed by atoms with Crippen molar-refractivity contribution in [2.45, 2.75) is 45.7 Å². The van der Waals surface area contributed by atoms with Gasteiger partial charge in [-0.05, 0) is 30.5 Å². The summed E-state index contributed by atoms with van der Waals surface area (Å²) in [5.74, 6) is -4.52. The minimum Gasteiger partial charge on any atom is -0.766 e. The Morgan fingerprint density at radius 1 is 1.11 bits per heavy atom. The molecular formula is C21H30N3O10P-2. The van der Waals surface area contributed by atoms with E-state index in [0.717, 1.165) is 0 Å². The zero-order chi connectivity index (χ0) is 26.6. The summed E-state index contributed by atoms with van der Waals surface area (Å²) in [6, 6.07) is 3.49. The molecule has 0 aliphatic rings. The molecule has 35 heavy (non-hydrogen) atoms. The van der Waals surface area contributed by atoms with Crippen LogP contribution in [-0.4, -0.2) is 60.7 Å². The number of ether oxygens (including phenoxy) is 1. The first kappa shape index (κ1) is 30.0. The summed E-state index contributed by atoms with van der Waals surface area (Å²) in [6.45, 7) is 3.40. The smallest absolute Gasteiger partial charge is 0.341 e. The molecule has 14 heteroatoms. The van der Waals surface area contributed by atoms with Crippen molar-refractivity contribution in [2.75, 3.05) is 19.8 Å². The number of benzene rings is 1. The van der Waals surface area contributed by atoms with Crippen LogP contribution in [-0.2, 0) is 34.7 Å². The first-order valence-corrected chi connectivity index (χ1v) is 12.4. The second kappa shape index (κ2) is 14.4. The van der Waals surface area contributed by atoms with E-state index in [-0.39, 0.29) is 18.8 Å². The van der Waals surface area contributed by atoms with Gasteiger partial charge in [0.25, 0.3) is 0 Å². The summed E-state index contributed by atoms with van der Waals surface area (Å²) < 4.78 is 21.8. The summed E-state index contributed by atoms with van der Waals surface area (Å²) in [5.41, 5.74) is 0.526. The molecule has 1 aromatic rings. The van der Waals surface area contributed by atoms with Crippen LogP contribution in [0.5, 0.6) is 5.75 Å². The summed E-state index contributed by atoms with van der Waals surface area (Å²) >= 11 is 0. The summed E-state index contributed by atoms with van der Waals surface area (Å²) in [4.78, 5) is 59.1. The predicted octanol–water partition coefficient (Wildman–Crippen LogP) is -1.45. The monoisotopic (exact) mass is 515 g/mol. The number of hydrogen-bond acceptors (Lipinski definition) is 9. The topological polar surface area (TPSA) is 206 Å². The molecule has 0 aliphatic heterocycles. The maximum Gasteiger partial charge on any atom is 0.341 e. The molecule has 0 saturated carbocycles. The molecule has 0 fully saturated rings. The Morgan fingerprint density at radius 3 is 2.26 bits per heavy atom. The Morgan fingerprint density at radius 2 is 1.74 bits per heavy atom. The van der Waals surface area contributed by atoms with E-state index in [1.54, 1.807) is 13.8 Å². The quantitative estimate of drug-likeness (QED) is 0.187. The van der Waals surface area contributed by atoms with Gasteiger partial charge in [-0.25, -0.2) is 9.88 Å². The third kappa shape index (κ3) is 11.3. The van der Waals surface area contributed by atoms with Crippen LogP contribution in [0, 0.1) is 5.92 Å². The fourth-order valence-electron chi connectivity index (χ4n) is 2.91. The number of nitrogens with one attached hydrogen (secondary N) is 3. The van der Waals surface area contributed by atoms with Crippen LogP contribution in [0.25, 0.3) is 0 Å². The van der Waals surface area contributed by atoms with Crippen LogP contribution in [0.15, 0.2) is 24.3 Å². The predicted molar refractivity (Wildman–Crippen MR) is 119 cm³/mol. The van der Waals surface area contributed by atoms with Crippen LogP contribution in [0.2, 0.25) is 0 Å². The van der Waals surface area contributed by atoms with Crippen molar-refractivity contribution >= 4 is 31.5 Å². The second-order valence-corrected chi connectivity index (χ2v) is 9.10. The standard InChI is InChI=1S/C21H32N3O10P/c1-4-13(3)19(24-35(31,32)34-5-2)21(30)23-16(20(29)22-11-17(25)26)10-14-6-8-15(9-7-14)33-12-18(27)28/h6-9,13,16,19H,4-5,10-12H2,1-3H3,(H,22,29)(H,23,30)(H,25,26)(H,27,28)(H2,24,31,32)/p-2/t13-,16?,19-/m0/s1. The minimum absolute atomic E-state index is 0.0858. The molecule has 196 valence electrons. The molecule has 0 saturated heterocycles. The Labute approximate surface area is 202 Å². The number of carboxylic acids is 2. The molecular weight excluding hydrogens is 485 g/mol. The Balaban J connectivity index is 3.08. The van der Waals surface area contributed by atoms with Gasteiger partial charge in [0.05, 0.1) is 25.2 Å². The molecule has 4 atom stereocenters. The van der Waals surface area contributed by atoms with Gasteiger partial charge in [0.1, 0.15) is 11.8 Å². The molecule has 0 bridgehead atoms. The largest absolute Gasteiger partial charge is 0.766 e. The Kier molecular flexibility index (Phi) is 12.4. The van der Waals surface area contributed by atoms with E-state index in [9.17, 15) is 33.7 Å². The molecule has 2 amide bonds. The Hall–Kier alpha value is -2.99. The van der Waals surface area contributed by atoms with Crippen molar-refractivity contribution in [3.05, 3.63) is 29.8 Å². The molecule has 0 radical (unpaired) electrons. The van der Waals surface area contributed by atoms with E-state index >= 15 is 0 Å². The summed E-state index contributed by atoms with van der Waals surface area (Å²) in [6.07, 6.45) is 0.341. The van der Waals surface area contributed by atoms with Crippen molar-refractivity contribution in [1.82, 2.24) is 15.7 Å². The van der Waals surface area contributed by atoms with Gasteiger partial charge in [-0.15, -0.1) is 0 Å². The Bertz CT molecular complexity index is 924. The normalized spacial score (nSPS) is 15.2. The van der Waals surface area contributed by atoms with Crippen molar-refractivity contribution in [3.63, 3.8) is 0 Å². The van der Waals surface area contributed by atoms with Crippen LogP contribution in [0.3, 0.4) is 0 Å². The zero-order valence-corrected chi connectivity index (χ0v) is 20.5. The fraction of sp³-hybridized carbons (Fsp3) is 0.524. The fourth-order valence-corrected chi connectivity index (χ4v) is 4.04. The molecule has 4 N–H and O–H groups in total. The highest BCUT2D eigenvalue weighted by Crippen LogP contribution is 2.33. The molecule has 1 aromatic carbocycles. The van der Waals surface area contributed by atoms with Crippen molar-refractivity contribution in [1.29, 1.82) is 0 Å². The van der Waals surface area contributed by atoms with E-state index in [2.05, 4.69) is 20.2 Å². The van der Waals surface area contributed by atoms with Crippen LogP contribution in [0.1, 0.15) is 32.8 Å². The SMILES string of the molecule is CCOP(=O)([O-])N[C@H](C(=O)NC(Cc1ccc(OCC(=O)O)cc1)C(=O)NCC(=O)[O-])[C@@H](C)CC. The minimum atomic E-state index is -4.55. The average Bonchev–Trinajstić information content (AvgIpc) is 2.79.